The van der Waals surface area contributed by atoms with Crippen LogP contribution in [-0.2, 0) is 11.3 Å². The summed E-state index contributed by atoms with van der Waals surface area (Å²) in [7, 11) is 0. The summed E-state index contributed by atoms with van der Waals surface area (Å²) in [5.74, 6) is 1.21. The minimum atomic E-state index is -0.165. The molecule has 1 aromatic carbocycles. The van der Waals surface area contributed by atoms with Gasteiger partial charge in [-0.1, -0.05) is 49.1 Å². The number of hydrogen-bond donors (Lipinski definition) is 1. The summed E-state index contributed by atoms with van der Waals surface area (Å²) in [5.41, 5.74) is 0.535. The number of anilines is 1. The van der Waals surface area contributed by atoms with Crippen molar-refractivity contribution >= 4 is 34.8 Å². The van der Waals surface area contributed by atoms with Gasteiger partial charge in [-0.25, -0.2) is 0 Å². The predicted octanol–water partition coefficient (Wildman–Crippen LogP) is 4.35. The number of carbonyl (C=O) groups is 1. The fourth-order valence-electron chi connectivity index (χ4n) is 2.27. The van der Waals surface area contributed by atoms with Crippen molar-refractivity contribution in [2.75, 3.05) is 18.4 Å². The number of hydrogen-bond acceptors (Lipinski definition) is 5. The molecule has 0 atom stereocenters. The number of amides is 1. The summed E-state index contributed by atoms with van der Waals surface area (Å²) < 4.78 is 5.26. The van der Waals surface area contributed by atoms with E-state index in [0.29, 0.717) is 34.0 Å². The quantitative estimate of drug-likeness (QED) is 0.732. The van der Waals surface area contributed by atoms with Crippen molar-refractivity contribution in [3.63, 3.8) is 0 Å². The molecule has 2 aromatic rings. The third-order valence-corrected chi connectivity index (χ3v) is 4.02. The van der Waals surface area contributed by atoms with E-state index in [4.69, 9.17) is 27.7 Å². The molecule has 1 heterocycles. The minimum absolute atomic E-state index is 0.165. The molecule has 0 aliphatic carbocycles. The SMILES string of the molecule is CCCN(CC(=O)Nc1ccc(Cl)cc1Cl)Cc1nc(C(C)C)no1. The van der Waals surface area contributed by atoms with E-state index in [9.17, 15) is 4.79 Å². The van der Waals surface area contributed by atoms with Crippen molar-refractivity contribution in [3.05, 3.63) is 40.0 Å². The normalized spacial score (nSPS) is 11.3. The molecular formula is C17H22Cl2N4O2. The monoisotopic (exact) mass is 384 g/mol. The number of benzene rings is 1. The molecule has 1 N–H and O–H groups in total. The van der Waals surface area contributed by atoms with Gasteiger partial charge in [0.2, 0.25) is 11.8 Å². The van der Waals surface area contributed by atoms with Crippen molar-refractivity contribution in [1.29, 1.82) is 0 Å². The lowest BCUT2D eigenvalue weighted by molar-refractivity contribution is -0.117. The number of rotatable bonds is 8. The zero-order valence-electron chi connectivity index (χ0n) is 14.6. The molecule has 2 rings (SSSR count). The third-order valence-electron chi connectivity index (χ3n) is 3.47. The fraction of sp³-hybridized carbons (Fsp3) is 0.471. The highest BCUT2D eigenvalue weighted by Crippen LogP contribution is 2.25. The van der Waals surface area contributed by atoms with E-state index >= 15 is 0 Å². The second-order valence-electron chi connectivity index (χ2n) is 6.08. The van der Waals surface area contributed by atoms with Crippen LogP contribution < -0.4 is 5.32 Å². The summed E-state index contributed by atoms with van der Waals surface area (Å²) in [6.07, 6.45) is 0.903. The van der Waals surface area contributed by atoms with Crippen LogP contribution >= 0.6 is 23.2 Å². The molecule has 0 aliphatic heterocycles. The number of nitrogens with one attached hydrogen (secondary N) is 1. The molecule has 0 spiro atoms. The van der Waals surface area contributed by atoms with Gasteiger partial charge in [0.15, 0.2) is 5.82 Å². The Morgan fingerprint density at radius 2 is 2.12 bits per heavy atom. The molecule has 0 unspecified atom stereocenters. The van der Waals surface area contributed by atoms with Crippen molar-refractivity contribution in [1.82, 2.24) is 15.0 Å². The Kier molecular flexibility index (Phi) is 7.23. The van der Waals surface area contributed by atoms with Gasteiger partial charge in [-0.3, -0.25) is 9.69 Å². The topological polar surface area (TPSA) is 71.3 Å². The Bertz CT molecular complexity index is 718. The van der Waals surface area contributed by atoms with Crippen LogP contribution in [0.25, 0.3) is 0 Å². The molecule has 0 aliphatic rings. The van der Waals surface area contributed by atoms with Crippen LogP contribution in [0.3, 0.4) is 0 Å². The zero-order valence-corrected chi connectivity index (χ0v) is 16.1. The van der Waals surface area contributed by atoms with Crippen molar-refractivity contribution in [3.8, 4) is 0 Å². The van der Waals surface area contributed by atoms with Crippen molar-refractivity contribution < 1.29 is 9.32 Å². The molecule has 0 saturated heterocycles. The smallest absolute Gasteiger partial charge is 0.240 e. The summed E-state index contributed by atoms with van der Waals surface area (Å²) in [6, 6.07) is 4.95. The number of nitrogens with zero attached hydrogens (tertiary/aromatic N) is 3. The Hall–Kier alpha value is -1.63. The Morgan fingerprint density at radius 3 is 2.72 bits per heavy atom. The standard InChI is InChI=1S/C17H22Cl2N4O2/c1-4-7-23(10-16-21-17(11(2)3)22-25-16)9-15(24)20-14-6-5-12(18)8-13(14)19/h5-6,8,11H,4,7,9-10H2,1-3H3,(H,20,24). The second kappa shape index (κ2) is 9.17. The van der Waals surface area contributed by atoms with Crippen LogP contribution in [0.4, 0.5) is 5.69 Å². The Balaban J connectivity index is 1.98. The average Bonchev–Trinajstić information content (AvgIpc) is 2.99. The molecule has 0 fully saturated rings. The Morgan fingerprint density at radius 1 is 1.36 bits per heavy atom. The van der Waals surface area contributed by atoms with Gasteiger partial charge in [-0.05, 0) is 31.2 Å². The highest BCUT2D eigenvalue weighted by atomic mass is 35.5. The van der Waals surface area contributed by atoms with Crippen molar-refractivity contribution in [2.45, 2.75) is 39.7 Å². The summed E-state index contributed by atoms with van der Waals surface area (Å²) in [4.78, 5) is 18.6. The van der Waals surface area contributed by atoms with E-state index < -0.39 is 0 Å². The van der Waals surface area contributed by atoms with Gasteiger partial charge in [0.05, 0.1) is 23.8 Å². The van der Waals surface area contributed by atoms with E-state index in [1.165, 1.54) is 0 Å². The van der Waals surface area contributed by atoms with Crippen LogP contribution in [-0.4, -0.2) is 34.0 Å². The molecule has 0 bridgehead atoms. The minimum Gasteiger partial charge on any atom is -0.338 e. The van der Waals surface area contributed by atoms with Crippen LogP contribution in [0.2, 0.25) is 10.0 Å². The van der Waals surface area contributed by atoms with Gasteiger partial charge in [0, 0.05) is 10.9 Å². The van der Waals surface area contributed by atoms with E-state index in [-0.39, 0.29) is 18.4 Å². The maximum Gasteiger partial charge on any atom is 0.240 e. The summed E-state index contributed by atoms with van der Waals surface area (Å²) >= 11 is 12.0. The Labute approximate surface area is 157 Å². The third kappa shape index (κ3) is 5.99. The predicted molar refractivity (Wildman–Crippen MR) is 99.0 cm³/mol. The molecule has 0 radical (unpaired) electrons. The van der Waals surface area contributed by atoms with Crippen LogP contribution in [0.5, 0.6) is 0 Å². The van der Waals surface area contributed by atoms with E-state index in [1.54, 1.807) is 18.2 Å². The first-order valence-corrected chi connectivity index (χ1v) is 8.94. The van der Waals surface area contributed by atoms with E-state index in [0.717, 1.165) is 13.0 Å². The fourth-order valence-corrected chi connectivity index (χ4v) is 2.73. The van der Waals surface area contributed by atoms with Crippen molar-refractivity contribution in [2.24, 2.45) is 0 Å². The molecule has 6 nitrogen and oxygen atoms in total. The average molecular weight is 385 g/mol. The highest BCUT2D eigenvalue weighted by molar-refractivity contribution is 6.36. The van der Waals surface area contributed by atoms with Crippen LogP contribution in [0, 0.1) is 0 Å². The maximum atomic E-state index is 12.3. The lowest BCUT2D eigenvalue weighted by atomic mass is 10.2. The van der Waals surface area contributed by atoms with Gasteiger partial charge in [-0.2, -0.15) is 4.98 Å². The number of aromatic nitrogens is 2. The van der Waals surface area contributed by atoms with Gasteiger partial charge in [0.25, 0.3) is 0 Å². The van der Waals surface area contributed by atoms with Gasteiger partial charge in [-0.15, -0.1) is 0 Å². The number of carbonyl (C=O) groups excluding carboxylic acids is 1. The number of halogens is 2. The summed E-state index contributed by atoms with van der Waals surface area (Å²) in [6.45, 7) is 7.42. The van der Waals surface area contributed by atoms with Crippen LogP contribution in [0.15, 0.2) is 22.7 Å². The molecule has 0 saturated carbocycles. The zero-order chi connectivity index (χ0) is 18.4. The van der Waals surface area contributed by atoms with E-state index in [2.05, 4.69) is 15.5 Å². The molecule has 1 aromatic heterocycles. The molecule has 8 heteroatoms. The first-order chi connectivity index (χ1) is 11.9. The van der Waals surface area contributed by atoms with E-state index in [1.807, 2.05) is 25.7 Å². The largest absolute Gasteiger partial charge is 0.338 e. The molecular weight excluding hydrogens is 363 g/mol. The second-order valence-corrected chi connectivity index (χ2v) is 6.93. The molecule has 136 valence electrons. The van der Waals surface area contributed by atoms with Gasteiger partial charge >= 0.3 is 0 Å². The maximum absolute atomic E-state index is 12.3. The van der Waals surface area contributed by atoms with Gasteiger partial charge in [0.1, 0.15) is 0 Å². The summed E-state index contributed by atoms with van der Waals surface area (Å²) in [5, 5.41) is 7.68. The molecule has 1 amide bonds. The first-order valence-electron chi connectivity index (χ1n) is 8.18. The lowest BCUT2D eigenvalue weighted by Crippen LogP contribution is -2.33. The highest BCUT2D eigenvalue weighted by Gasteiger charge is 2.16. The molecule has 25 heavy (non-hydrogen) atoms. The first kappa shape index (κ1) is 19.7. The van der Waals surface area contributed by atoms with Gasteiger partial charge < -0.3 is 9.84 Å². The lowest BCUT2D eigenvalue weighted by Gasteiger charge is -2.19. The van der Waals surface area contributed by atoms with Crippen LogP contribution in [0.1, 0.15) is 44.8 Å².